The maximum Gasteiger partial charge on any atom is 0.303 e. The van der Waals surface area contributed by atoms with E-state index in [-0.39, 0.29) is 24.2 Å². The molecule has 2 rings (SSSR count). The van der Waals surface area contributed by atoms with Crippen LogP contribution in [0.1, 0.15) is 39.3 Å². The molecule has 6 heteroatoms. The molecule has 1 heterocycles. The van der Waals surface area contributed by atoms with Gasteiger partial charge < -0.3 is 14.9 Å². The first-order valence-corrected chi connectivity index (χ1v) is 7.97. The number of benzene rings is 1. The molecule has 25 heavy (non-hydrogen) atoms. The third-order valence-corrected chi connectivity index (χ3v) is 4.09. The van der Waals surface area contributed by atoms with Crippen LogP contribution < -0.4 is 4.74 Å². The number of methoxy groups -OCH3 is 1. The number of aromatic nitrogens is 1. The molecule has 0 atom stereocenters. The smallest absolute Gasteiger partial charge is 0.303 e. The third kappa shape index (κ3) is 4.56. The van der Waals surface area contributed by atoms with Crippen molar-refractivity contribution in [3.8, 4) is 11.5 Å². The van der Waals surface area contributed by atoms with Crippen LogP contribution in [0.25, 0.3) is 0 Å². The first-order valence-electron chi connectivity index (χ1n) is 7.97. The Morgan fingerprint density at radius 2 is 1.88 bits per heavy atom. The largest absolute Gasteiger partial charge is 0.505 e. The average Bonchev–Trinajstić information content (AvgIpc) is 2.61. The normalized spacial score (nSPS) is 10.5. The molecule has 0 aliphatic heterocycles. The minimum Gasteiger partial charge on any atom is -0.505 e. The number of carboxylic acids is 1. The number of ether oxygens (including phenoxy) is 1. The van der Waals surface area contributed by atoms with Crippen molar-refractivity contribution in [2.24, 2.45) is 0 Å². The number of carbonyl (C=O) groups excluding carboxylic acids is 1. The number of carboxylic acid groups (broad SMARTS) is 1. The fourth-order valence-corrected chi connectivity index (χ4v) is 2.72. The molecule has 6 nitrogen and oxygen atoms in total. The Bertz CT molecular complexity index is 768. The molecule has 1 aromatic carbocycles. The summed E-state index contributed by atoms with van der Waals surface area (Å²) in [5, 5.41) is 19.0. The summed E-state index contributed by atoms with van der Waals surface area (Å²) in [6.45, 7) is 1.63. The van der Waals surface area contributed by atoms with Crippen molar-refractivity contribution >= 4 is 12.3 Å². The number of aliphatic carboxylic acids is 1. The van der Waals surface area contributed by atoms with E-state index in [1.807, 2.05) is 24.3 Å². The Morgan fingerprint density at radius 1 is 1.20 bits per heavy atom. The van der Waals surface area contributed by atoms with Crippen molar-refractivity contribution in [2.75, 3.05) is 7.11 Å². The highest BCUT2D eigenvalue weighted by atomic mass is 16.5. The van der Waals surface area contributed by atoms with Gasteiger partial charge in [0.25, 0.3) is 0 Å². The summed E-state index contributed by atoms with van der Waals surface area (Å²) in [4.78, 5) is 26.7. The second-order valence-corrected chi connectivity index (χ2v) is 5.74. The van der Waals surface area contributed by atoms with E-state index >= 15 is 0 Å². The summed E-state index contributed by atoms with van der Waals surface area (Å²) < 4.78 is 5.13. The van der Waals surface area contributed by atoms with E-state index in [4.69, 9.17) is 9.84 Å². The van der Waals surface area contributed by atoms with Gasteiger partial charge in [-0.2, -0.15) is 0 Å². The van der Waals surface area contributed by atoms with Crippen LogP contribution in [0.4, 0.5) is 0 Å². The number of hydrogen-bond acceptors (Lipinski definition) is 5. The second-order valence-electron chi connectivity index (χ2n) is 5.74. The Labute approximate surface area is 146 Å². The van der Waals surface area contributed by atoms with E-state index in [2.05, 4.69) is 4.98 Å². The summed E-state index contributed by atoms with van der Waals surface area (Å²) >= 11 is 0. The summed E-state index contributed by atoms with van der Waals surface area (Å²) in [5.74, 6) is -0.366. The van der Waals surface area contributed by atoms with Gasteiger partial charge in [-0.15, -0.1) is 0 Å². The number of rotatable bonds is 8. The number of aromatic hydroxyl groups is 1. The van der Waals surface area contributed by atoms with Gasteiger partial charge in [0.2, 0.25) is 0 Å². The zero-order valence-electron chi connectivity index (χ0n) is 14.3. The molecule has 0 saturated heterocycles. The van der Waals surface area contributed by atoms with Crippen LogP contribution in [0, 0.1) is 6.92 Å². The quantitative estimate of drug-likeness (QED) is 0.715. The van der Waals surface area contributed by atoms with Gasteiger partial charge in [-0.1, -0.05) is 12.1 Å². The molecule has 2 aromatic rings. The molecule has 0 aliphatic carbocycles. The van der Waals surface area contributed by atoms with Crippen molar-refractivity contribution in [3.63, 3.8) is 0 Å². The monoisotopic (exact) mass is 343 g/mol. The van der Waals surface area contributed by atoms with Crippen LogP contribution in [-0.2, 0) is 24.1 Å². The molecule has 0 amide bonds. The van der Waals surface area contributed by atoms with Gasteiger partial charge in [0.15, 0.2) is 6.29 Å². The van der Waals surface area contributed by atoms with E-state index in [0.717, 1.165) is 11.3 Å². The molecule has 0 radical (unpaired) electrons. The number of pyridine rings is 1. The zero-order chi connectivity index (χ0) is 18.4. The Hall–Kier alpha value is -2.89. The highest BCUT2D eigenvalue weighted by Gasteiger charge is 2.18. The van der Waals surface area contributed by atoms with Crippen LogP contribution in [0.5, 0.6) is 11.5 Å². The van der Waals surface area contributed by atoms with E-state index < -0.39 is 5.97 Å². The lowest BCUT2D eigenvalue weighted by Crippen LogP contribution is -2.09. The molecular weight excluding hydrogens is 322 g/mol. The predicted molar refractivity (Wildman–Crippen MR) is 92.4 cm³/mol. The fraction of sp³-hybridized carbons (Fsp3) is 0.316. The lowest BCUT2D eigenvalue weighted by atomic mass is 9.96. The maximum atomic E-state index is 11.4. The van der Waals surface area contributed by atoms with Crippen molar-refractivity contribution in [2.45, 2.75) is 32.6 Å². The number of nitrogens with zero attached hydrogens (tertiary/aromatic N) is 1. The van der Waals surface area contributed by atoms with Crippen molar-refractivity contribution in [1.82, 2.24) is 4.98 Å². The van der Waals surface area contributed by atoms with Gasteiger partial charge in [0.1, 0.15) is 11.5 Å². The molecule has 0 unspecified atom stereocenters. The van der Waals surface area contributed by atoms with E-state index in [9.17, 15) is 14.7 Å². The van der Waals surface area contributed by atoms with Gasteiger partial charge in [-0.25, -0.2) is 0 Å². The highest BCUT2D eigenvalue weighted by Crippen LogP contribution is 2.27. The third-order valence-electron chi connectivity index (χ3n) is 4.09. The summed E-state index contributed by atoms with van der Waals surface area (Å²) in [6.07, 6.45) is 1.82. The Balaban J connectivity index is 2.28. The van der Waals surface area contributed by atoms with E-state index in [1.54, 1.807) is 14.0 Å². The maximum absolute atomic E-state index is 11.4. The molecule has 1 aromatic heterocycles. The molecule has 0 bridgehead atoms. The first kappa shape index (κ1) is 18.4. The number of aryl methyl sites for hydroxylation is 3. The Morgan fingerprint density at radius 3 is 2.44 bits per heavy atom. The topological polar surface area (TPSA) is 96.7 Å². The number of hydrogen-bond donors (Lipinski definition) is 2. The van der Waals surface area contributed by atoms with Crippen LogP contribution in [0.2, 0.25) is 0 Å². The van der Waals surface area contributed by atoms with Crippen molar-refractivity contribution < 1.29 is 24.5 Å². The van der Waals surface area contributed by atoms with Gasteiger partial charge in [-0.3, -0.25) is 14.6 Å². The minimum atomic E-state index is -0.960. The summed E-state index contributed by atoms with van der Waals surface area (Å²) in [7, 11) is 1.60. The average molecular weight is 343 g/mol. The van der Waals surface area contributed by atoms with E-state index in [1.165, 1.54) is 0 Å². The molecule has 2 N–H and O–H groups in total. The van der Waals surface area contributed by atoms with E-state index in [0.29, 0.717) is 36.1 Å². The highest BCUT2D eigenvalue weighted by molar-refractivity contribution is 5.83. The molecule has 0 spiro atoms. The summed E-state index contributed by atoms with van der Waals surface area (Å²) in [6, 6.07) is 7.63. The number of carbonyl (C=O) groups is 2. The van der Waals surface area contributed by atoms with Gasteiger partial charge in [0, 0.05) is 12.1 Å². The minimum absolute atomic E-state index is 0.124. The van der Waals surface area contributed by atoms with Gasteiger partial charge >= 0.3 is 5.97 Å². The van der Waals surface area contributed by atoms with Crippen molar-refractivity contribution in [3.05, 3.63) is 52.3 Å². The lowest BCUT2D eigenvalue weighted by Gasteiger charge is -2.14. The van der Waals surface area contributed by atoms with Crippen LogP contribution in [-0.4, -0.2) is 34.6 Å². The zero-order valence-corrected chi connectivity index (χ0v) is 14.3. The predicted octanol–water partition coefficient (Wildman–Crippen LogP) is 2.72. The van der Waals surface area contributed by atoms with Crippen LogP contribution in [0.15, 0.2) is 24.3 Å². The van der Waals surface area contributed by atoms with Crippen LogP contribution >= 0.6 is 0 Å². The molecular formula is C19H21NO5. The van der Waals surface area contributed by atoms with Gasteiger partial charge in [0.05, 0.1) is 18.4 Å². The standard InChI is InChI=1S/C19H21NO5/c1-12-19(24)16(11-21)15(8-10-18(22)23)17(20-12)9-5-13-3-6-14(25-2)7-4-13/h3-4,6-7,11,24H,5,8-10H2,1-2H3,(H,22,23). The summed E-state index contributed by atoms with van der Waals surface area (Å²) in [5.41, 5.74) is 2.73. The fourth-order valence-electron chi connectivity index (χ4n) is 2.72. The Kier molecular flexibility index (Phi) is 6.11. The number of aldehydes is 1. The molecule has 0 fully saturated rings. The lowest BCUT2D eigenvalue weighted by molar-refractivity contribution is -0.136. The van der Waals surface area contributed by atoms with Crippen molar-refractivity contribution in [1.29, 1.82) is 0 Å². The molecule has 132 valence electrons. The first-order chi connectivity index (χ1) is 12.0. The molecule has 0 saturated carbocycles. The molecule has 0 aliphatic rings. The van der Waals surface area contributed by atoms with Gasteiger partial charge in [-0.05, 0) is 49.4 Å². The SMILES string of the molecule is COc1ccc(CCc2nc(C)c(O)c(C=O)c2CCC(=O)O)cc1. The second kappa shape index (κ2) is 8.28. The van der Waals surface area contributed by atoms with Crippen LogP contribution in [0.3, 0.4) is 0 Å².